The van der Waals surface area contributed by atoms with E-state index in [1.807, 2.05) is 12.3 Å². The van der Waals surface area contributed by atoms with E-state index in [1.165, 1.54) is 18.0 Å². The molecular weight excluding hydrogens is 253 g/mol. The zero-order valence-electron chi connectivity index (χ0n) is 10.2. The lowest BCUT2D eigenvalue weighted by Crippen LogP contribution is -2.14. The van der Waals surface area contributed by atoms with E-state index < -0.39 is 0 Å². The van der Waals surface area contributed by atoms with Gasteiger partial charge in [-0.25, -0.2) is 4.39 Å². The van der Waals surface area contributed by atoms with Gasteiger partial charge in [0.15, 0.2) is 0 Å². The molecule has 0 heterocycles. The second kappa shape index (κ2) is 6.20. The summed E-state index contributed by atoms with van der Waals surface area (Å²) in [4.78, 5) is 10.8. The first-order valence-corrected chi connectivity index (χ1v) is 7.12. The molecule has 3 nitrogen and oxygen atoms in total. The van der Waals surface area contributed by atoms with Crippen molar-refractivity contribution in [3.63, 3.8) is 0 Å². The standard InChI is InChI=1S/C13H16FNO2S/c1-18-15-2-3-17-11-6-10-4-9(8-16)5-12(10)13(14)7-11/h6-9,15H,2-5H2,1H3. The summed E-state index contributed by atoms with van der Waals surface area (Å²) in [5, 5.41) is 0. The van der Waals surface area contributed by atoms with Crippen LogP contribution >= 0.6 is 11.9 Å². The summed E-state index contributed by atoms with van der Waals surface area (Å²) in [7, 11) is 0. The van der Waals surface area contributed by atoms with Crippen LogP contribution < -0.4 is 9.46 Å². The van der Waals surface area contributed by atoms with Gasteiger partial charge in [-0.05, 0) is 36.3 Å². The van der Waals surface area contributed by atoms with Crippen molar-refractivity contribution < 1.29 is 13.9 Å². The highest BCUT2D eigenvalue weighted by molar-refractivity contribution is 7.96. The van der Waals surface area contributed by atoms with Gasteiger partial charge in [-0.1, -0.05) is 11.9 Å². The van der Waals surface area contributed by atoms with Gasteiger partial charge in [0.2, 0.25) is 0 Å². The third-order valence-corrected chi connectivity index (χ3v) is 3.51. The van der Waals surface area contributed by atoms with Crippen molar-refractivity contribution in [1.29, 1.82) is 0 Å². The van der Waals surface area contributed by atoms with Crippen molar-refractivity contribution in [2.45, 2.75) is 12.8 Å². The molecule has 1 atom stereocenters. The minimum absolute atomic E-state index is 0.0806. The van der Waals surface area contributed by atoms with Crippen LogP contribution in [0.15, 0.2) is 12.1 Å². The van der Waals surface area contributed by atoms with Gasteiger partial charge in [0.25, 0.3) is 0 Å². The number of hydrogen-bond acceptors (Lipinski definition) is 4. The molecule has 0 radical (unpaired) electrons. The number of benzene rings is 1. The van der Waals surface area contributed by atoms with E-state index in [0.717, 1.165) is 11.8 Å². The predicted octanol–water partition coefficient (Wildman–Crippen LogP) is 1.99. The molecule has 1 aliphatic rings. The van der Waals surface area contributed by atoms with Crippen LogP contribution in [-0.2, 0) is 17.6 Å². The van der Waals surface area contributed by atoms with E-state index in [1.54, 1.807) is 0 Å². The van der Waals surface area contributed by atoms with Crippen LogP contribution in [0.2, 0.25) is 0 Å². The monoisotopic (exact) mass is 269 g/mol. The molecule has 0 spiro atoms. The van der Waals surface area contributed by atoms with Gasteiger partial charge in [0.05, 0.1) is 0 Å². The second-order valence-electron chi connectivity index (χ2n) is 4.29. The largest absolute Gasteiger partial charge is 0.492 e. The molecule has 0 saturated carbocycles. The van der Waals surface area contributed by atoms with E-state index in [9.17, 15) is 9.18 Å². The summed E-state index contributed by atoms with van der Waals surface area (Å²) in [5.41, 5.74) is 1.57. The molecule has 1 unspecified atom stereocenters. The number of fused-ring (bicyclic) bond motifs is 1. The molecule has 1 N–H and O–H groups in total. The third kappa shape index (κ3) is 3.03. The maximum atomic E-state index is 13.8. The van der Waals surface area contributed by atoms with Crippen LogP contribution in [0.4, 0.5) is 4.39 Å². The van der Waals surface area contributed by atoms with Gasteiger partial charge in [0, 0.05) is 18.5 Å². The zero-order chi connectivity index (χ0) is 13.0. The number of nitrogens with one attached hydrogen (secondary N) is 1. The van der Waals surface area contributed by atoms with Crippen LogP contribution in [-0.4, -0.2) is 25.7 Å². The SMILES string of the molecule is CSNCCOc1cc(F)c2c(c1)CC(C=O)C2. The first kappa shape index (κ1) is 13.4. The lowest BCUT2D eigenvalue weighted by Gasteiger charge is -2.09. The Labute approximate surface area is 110 Å². The quantitative estimate of drug-likeness (QED) is 0.487. The molecular formula is C13H16FNO2S. The van der Waals surface area contributed by atoms with Crippen molar-refractivity contribution in [1.82, 2.24) is 4.72 Å². The smallest absolute Gasteiger partial charge is 0.130 e. The molecule has 18 heavy (non-hydrogen) atoms. The molecule has 0 fully saturated rings. The lowest BCUT2D eigenvalue weighted by molar-refractivity contribution is -0.110. The molecule has 0 aromatic heterocycles. The van der Waals surface area contributed by atoms with Crippen molar-refractivity contribution in [2.75, 3.05) is 19.4 Å². The number of halogens is 1. The summed E-state index contributed by atoms with van der Waals surface area (Å²) in [6.07, 6.45) is 3.98. The highest BCUT2D eigenvalue weighted by Crippen LogP contribution is 2.31. The Hall–Kier alpha value is -1.07. The summed E-state index contributed by atoms with van der Waals surface area (Å²) in [6, 6.07) is 3.26. The second-order valence-corrected chi connectivity index (χ2v) is 4.99. The van der Waals surface area contributed by atoms with Crippen molar-refractivity contribution in [3.8, 4) is 5.75 Å². The van der Waals surface area contributed by atoms with Crippen LogP contribution in [0.5, 0.6) is 5.75 Å². The number of rotatable bonds is 6. The maximum Gasteiger partial charge on any atom is 0.130 e. The first-order chi connectivity index (χ1) is 8.74. The minimum Gasteiger partial charge on any atom is -0.492 e. The van der Waals surface area contributed by atoms with Crippen molar-refractivity contribution in [3.05, 3.63) is 29.1 Å². The fourth-order valence-corrected chi connectivity index (χ4v) is 2.47. The lowest BCUT2D eigenvalue weighted by atomic mass is 10.1. The molecule has 5 heteroatoms. The van der Waals surface area contributed by atoms with Crippen LogP contribution in [0.25, 0.3) is 0 Å². The minimum atomic E-state index is -0.260. The highest BCUT2D eigenvalue weighted by Gasteiger charge is 2.24. The fraction of sp³-hybridized carbons (Fsp3) is 0.462. The number of hydrogen-bond donors (Lipinski definition) is 1. The van der Waals surface area contributed by atoms with Crippen LogP contribution in [0.1, 0.15) is 11.1 Å². The molecule has 0 bridgehead atoms. The summed E-state index contributed by atoms with van der Waals surface area (Å²) < 4.78 is 22.4. The Kier molecular flexibility index (Phi) is 4.60. The number of aldehydes is 1. The number of ether oxygens (including phenoxy) is 1. The predicted molar refractivity (Wildman–Crippen MR) is 70.4 cm³/mol. The Morgan fingerprint density at radius 2 is 2.39 bits per heavy atom. The summed E-state index contributed by atoms with van der Waals surface area (Å²) in [6.45, 7) is 1.20. The van der Waals surface area contributed by atoms with E-state index >= 15 is 0 Å². The van der Waals surface area contributed by atoms with Gasteiger partial charge >= 0.3 is 0 Å². The Morgan fingerprint density at radius 3 is 3.11 bits per heavy atom. The van der Waals surface area contributed by atoms with Gasteiger partial charge in [-0.2, -0.15) is 0 Å². The van der Waals surface area contributed by atoms with Gasteiger partial charge < -0.3 is 9.53 Å². The topological polar surface area (TPSA) is 38.3 Å². The van der Waals surface area contributed by atoms with Crippen molar-refractivity contribution in [2.24, 2.45) is 5.92 Å². The number of carbonyl (C=O) groups is 1. The Morgan fingerprint density at radius 1 is 1.56 bits per heavy atom. The fourth-order valence-electron chi connectivity index (χ4n) is 2.19. The Balaban J connectivity index is 2.02. The zero-order valence-corrected chi connectivity index (χ0v) is 11.1. The molecule has 1 aliphatic carbocycles. The van der Waals surface area contributed by atoms with E-state index in [-0.39, 0.29) is 11.7 Å². The first-order valence-electron chi connectivity index (χ1n) is 5.90. The van der Waals surface area contributed by atoms with Crippen LogP contribution in [0, 0.1) is 11.7 Å². The molecule has 1 aromatic rings. The summed E-state index contributed by atoms with van der Waals surface area (Å²) >= 11 is 1.52. The Bertz CT molecular complexity index is 439. The average molecular weight is 269 g/mol. The van der Waals surface area contributed by atoms with E-state index in [4.69, 9.17) is 4.74 Å². The highest BCUT2D eigenvalue weighted by atomic mass is 32.2. The molecule has 2 rings (SSSR count). The van der Waals surface area contributed by atoms with E-state index in [0.29, 0.717) is 37.3 Å². The molecule has 0 amide bonds. The van der Waals surface area contributed by atoms with Gasteiger partial charge in [0.1, 0.15) is 24.5 Å². The third-order valence-electron chi connectivity index (χ3n) is 3.02. The van der Waals surface area contributed by atoms with Crippen molar-refractivity contribution >= 4 is 18.2 Å². The van der Waals surface area contributed by atoms with Gasteiger partial charge in [-0.15, -0.1) is 0 Å². The van der Waals surface area contributed by atoms with Gasteiger partial charge in [-0.3, -0.25) is 4.72 Å². The van der Waals surface area contributed by atoms with Crippen LogP contribution in [0.3, 0.4) is 0 Å². The summed E-state index contributed by atoms with van der Waals surface area (Å²) in [5.74, 6) is 0.202. The average Bonchev–Trinajstić information content (AvgIpc) is 2.78. The molecule has 0 aliphatic heterocycles. The normalized spacial score (nSPS) is 17.6. The molecule has 98 valence electrons. The molecule has 0 saturated heterocycles. The number of carbonyl (C=O) groups excluding carboxylic acids is 1. The molecule has 1 aromatic carbocycles. The maximum absolute atomic E-state index is 13.8. The van der Waals surface area contributed by atoms with E-state index in [2.05, 4.69) is 4.72 Å².